The highest BCUT2D eigenvalue weighted by Gasteiger charge is 2.19. The molecule has 0 bridgehead atoms. The molecular formula is C42H48I2N8O3S2. The highest BCUT2D eigenvalue weighted by atomic mass is 127. The summed E-state index contributed by atoms with van der Waals surface area (Å²) in [5, 5.41) is 18.5. The molecule has 0 aliphatic carbocycles. The summed E-state index contributed by atoms with van der Waals surface area (Å²) in [4.78, 5) is 38.3. The van der Waals surface area contributed by atoms with Crippen molar-refractivity contribution < 1.29 is 14.7 Å². The number of benzene rings is 2. The molecule has 57 heavy (non-hydrogen) atoms. The number of nitrogens with one attached hydrogen (secondary N) is 1. The van der Waals surface area contributed by atoms with E-state index in [4.69, 9.17) is 10.7 Å². The van der Waals surface area contributed by atoms with Crippen molar-refractivity contribution in [2.24, 2.45) is 0 Å². The first-order valence-corrected chi connectivity index (χ1v) is 23.0. The molecule has 300 valence electrons. The molecule has 2 aliphatic rings. The third-order valence-electron chi connectivity index (χ3n) is 9.79. The Hall–Kier alpha value is -3.94. The summed E-state index contributed by atoms with van der Waals surface area (Å²) in [5.74, 6) is -0.990. The average Bonchev–Trinajstić information content (AvgIpc) is 4.04. The predicted molar refractivity (Wildman–Crippen MR) is 251 cm³/mol. The van der Waals surface area contributed by atoms with E-state index in [2.05, 4.69) is 70.7 Å². The number of carbonyl (C=O) groups is 2. The number of rotatable bonds is 9. The quantitative estimate of drug-likeness (QED) is 0.0963. The second kappa shape index (κ2) is 20.7. The molecule has 11 nitrogen and oxygen atoms in total. The number of amides is 1. The van der Waals surface area contributed by atoms with E-state index in [9.17, 15) is 14.7 Å². The van der Waals surface area contributed by atoms with Crippen molar-refractivity contribution in [1.82, 2.24) is 19.1 Å². The number of nitrogen functional groups attached to an aromatic ring is 1. The molecule has 1 amide bonds. The molecule has 2 fully saturated rings. The third-order valence-corrected chi connectivity index (χ3v) is 13.1. The van der Waals surface area contributed by atoms with E-state index in [1.54, 1.807) is 33.3 Å². The van der Waals surface area contributed by atoms with Crippen LogP contribution >= 0.6 is 67.9 Å². The number of thiazole rings is 2. The maximum absolute atomic E-state index is 12.8. The number of halogens is 2. The fourth-order valence-electron chi connectivity index (χ4n) is 6.66. The Morgan fingerprint density at radius 3 is 1.56 bits per heavy atom. The van der Waals surface area contributed by atoms with E-state index in [1.807, 2.05) is 90.5 Å². The van der Waals surface area contributed by atoms with Gasteiger partial charge >= 0.3 is 5.97 Å². The first-order chi connectivity index (χ1) is 27.5. The number of aromatic nitrogens is 4. The van der Waals surface area contributed by atoms with Crippen molar-refractivity contribution in [2.45, 2.75) is 65.5 Å². The first-order valence-electron chi connectivity index (χ1n) is 19.1. The zero-order valence-corrected chi connectivity index (χ0v) is 38.1. The van der Waals surface area contributed by atoms with Crippen LogP contribution in [-0.4, -0.2) is 62.3 Å². The summed E-state index contributed by atoms with van der Waals surface area (Å²) in [7, 11) is 0. The molecule has 15 heteroatoms. The van der Waals surface area contributed by atoms with Gasteiger partial charge in [0.15, 0.2) is 10.3 Å². The molecule has 0 unspecified atom stereocenters. The second-order valence-corrected chi connectivity index (χ2v) is 18.2. The van der Waals surface area contributed by atoms with E-state index in [0.717, 1.165) is 74.2 Å². The van der Waals surface area contributed by atoms with Crippen LogP contribution in [0.15, 0.2) is 83.6 Å². The van der Waals surface area contributed by atoms with Gasteiger partial charge in [0.05, 0.1) is 24.5 Å². The van der Waals surface area contributed by atoms with Gasteiger partial charge in [0.1, 0.15) is 11.4 Å². The highest BCUT2D eigenvalue weighted by Crippen LogP contribution is 2.27. The lowest BCUT2D eigenvalue weighted by molar-refractivity contribution is 0.0685. The van der Waals surface area contributed by atoms with Gasteiger partial charge < -0.3 is 35.1 Å². The van der Waals surface area contributed by atoms with Crippen LogP contribution in [0, 0.1) is 21.0 Å². The molecular weight excluding hydrogens is 982 g/mol. The van der Waals surface area contributed by atoms with E-state index in [-0.39, 0.29) is 5.91 Å². The molecule has 2 aliphatic heterocycles. The van der Waals surface area contributed by atoms with Crippen molar-refractivity contribution in [3.05, 3.63) is 125 Å². The molecule has 0 atom stereocenters. The van der Waals surface area contributed by atoms with E-state index in [0.29, 0.717) is 24.5 Å². The van der Waals surface area contributed by atoms with Crippen molar-refractivity contribution in [3.8, 4) is 0 Å². The minimum Gasteiger partial charge on any atom is -0.477 e. The zero-order valence-electron chi connectivity index (χ0n) is 32.2. The largest absolute Gasteiger partial charge is 0.477 e. The van der Waals surface area contributed by atoms with Gasteiger partial charge in [-0.15, -0.1) is 22.7 Å². The van der Waals surface area contributed by atoms with Crippen LogP contribution in [0.3, 0.4) is 0 Å². The summed E-state index contributed by atoms with van der Waals surface area (Å²) in [5.41, 5.74) is 12.0. The number of carboxylic acid groups (broad SMARTS) is 1. The van der Waals surface area contributed by atoms with E-state index >= 15 is 0 Å². The summed E-state index contributed by atoms with van der Waals surface area (Å²) >= 11 is 7.85. The van der Waals surface area contributed by atoms with Crippen LogP contribution < -0.4 is 20.9 Å². The molecule has 4 N–H and O–H groups in total. The lowest BCUT2D eigenvalue weighted by Gasteiger charge is -2.25. The number of nitrogens with two attached hydrogens (primary N) is 1. The highest BCUT2D eigenvalue weighted by molar-refractivity contribution is 14.1. The Labute approximate surface area is 369 Å². The Bertz CT molecular complexity index is 2200. The molecule has 0 spiro atoms. The maximum atomic E-state index is 12.8. The van der Waals surface area contributed by atoms with Gasteiger partial charge in [-0.25, -0.2) is 14.8 Å². The average molecular weight is 1030 g/mol. The number of piperidine rings is 2. The monoisotopic (exact) mass is 1030 g/mol. The number of hydrogen-bond acceptors (Lipinski definition) is 9. The van der Waals surface area contributed by atoms with Gasteiger partial charge in [-0.2, -0.15) is 0 Å². The number of aryl methyl sites for hydroxylation is 2. The van der Waals surface area contributed by atoms with Gasteiger partial charge in [0.2, 0.25) is 0 Å². The molecule has 2 saturated heterocycles. The van der Waals surface area contributed by atoms with E-state index < -0.39 is 5.97 Å². The molecule has 8 rings (SSSR count). The Kier molecular flexibility index (Phi) is 15.5. The van der Waals surface area contributed by atoms with Crippen molar-refractivity contribution in [3.63, 3.8) is 0 Å². The number of anilines is 4. The van der Waals surface area contributed by atoms with E-state index in [1.165, 1.54) is 42.1 Å². The zero-order chi connectivity index (χ0) is 40.3. The number of aromatic carboxylic acids is 1. The fraction of sp³-hybridized carbons (Fsp3) is 0.333. The maximum Gasteiger partial charge on any atom is 0.352 e. The van der Waals surface area contributed by atoms with Crippen LogP contribution in [0.4, 0.5) is 21.6 Å². The molecule has 2 aromatic carbocycles. The number of carboxylic acids is 1. The third kappa shape index (κ3) is 12.0. The molecule has 6 aromatic rings. The van der Waals surface area contributed by atoms with Gasteiger partial charge in [0.25, 0.3) is 5.91 Å². The van der Waals surface area contributed by atoms with Crippen LogP contribution in [0.5, 0.6) is 0 Å². The second-order valence-electron chi connectivity index (χ2n) is 14.0. The van der Waals surface area contributed by atoms with Crippen LogP contribution in [0.1, 0.15) is 82.3 Å². The van der Waals surface area contributed by atoms with Gasteiger partial charge in [-0.1, -0.05) is 0 Å². The lowest BCUT2D eigenvalue weighted by atomic mass is 10.1. The Morgan fingerprint density at radius 1 is 0.667 bits per heavy atom. The lowest BCUT2D eigenvalue weighted by Crippen LogP contribution is -2.29. The first kappa shape index (κ1) is 42.7. The Morgan fingerprint density at radius 2 is 1.11 bits per heavy atom. The summed E-state index contributed by atoms with van der Waals surface area (Å²) in [6, 6.07) is 22.9. The minimum atomic E-state index is -0.894. The summed E-state index contributed by atoms with van der Waals surface area (Å²) < 4.78 is 6.20. The van der Waals surface area contributed by atoms with Gasteiger partial charge in [-0.3, -0.25) is 4.79 Å². The number of carbonyl (C=O) groups excluding carboxylic acids is 1. The summed E-state index contributed by atoms with van der Waals surface area (Å²) in [6.45, 7) is 9.43. The number of nitrogens with zero attached hydrogens (tertiary/aromatic N) is 6. The van der Waals surface area contributed by atoms with Crippen LogP contribution in [0.2, 0.25) is 0 Å². The van der Waals surface area contributed by atoms with Gasteiger partial charge in [-0.05, 0) is 170 Å². The smallest absolute Gasteiger partial charge is 0.352 e. The van der Waals surface area contributed by atoms with Crippen molar-refractivity contribution in [2.75, 3.05) is 47.0 Å². The molecule has 6 heterocycles. The van der Waals surface area contributed by atoms with Crippen LogP contribution in [-0.2, 0) is 13.1 Å². The molecule has 4 aromatic heterocycles. The predicted octanol–water partition coefficient (Wildman–Crippen LogP) is 10.0. The van der Waals surface area contributed by atoms with Gasteiger partial charge in [0, 0.05) is 66.8 Å². The SMILES string of the molecule is Cc1ccc(C(=O)Nc2ccc(I)cc2)n1Cc1csc(N2CCCCC2)n1.Cc1ccc(C(=O)O)n1Cc1csc(N2CCCCC2)n1.Nc1ccc(I)cc1. The van der Waals surface area contributed by atoms with Crippen molar-refractivity contribution >= 4 is 101 Å². The Balaban J connectivity index is 0.000000166. The topological polar surface area (TPSA) is 135 Å². The van der Waals surface area contributed by atoms with Crippen LogP contribution in [0.25, 0.3) is 0 Å². The normalized spacial score (nSPS) is 14.0. The number of hydrogen-bond donors (Lipinski definition) is 3. The molecule has 0 radical (unpaired) electrons. The fourth-order valence-corrected chi connectivity index (χ4v) is 9.12. The minimum absolute atomic E-state index is 0.0965. The summed E-state index contributed by atoms with van der Waals surface area (Å²) in [6.07, 6.45) is 7.57. The molecule has 0 saturated carbocycles. The van der Waals surface area contributed by atoms with Crippen molar-refractivity contribution in [1.29, 1.82) is 0 Å². The standard InChI is InChI=1S/C21H23IN4OS.C15H19N3O2S.C6H6IN/c1-15-5-10-19(20(27)23-17-8-6-16(22)7-9-17)26(15)13-18-14-28-21(24-18)25-11-3-2-4-12-25;1-11-5-6-13(14(19)20)18(11)9-12-10-21-15(16-12)17-7-3-2-4-8-17;7-5-1-3-6(8)4-2-5/h5-10,14H,2-4,11-13H2,1H3,(H,23,27);5-6,10H,2-4,7-9H2,1H3,(H,19,20);1-4H,8H2.